The molecule has 0 N–H and O–H groups in total. The van der Waals surface area contributed by atoms with Crippen LogP contribution < -0.4 is 0 Å². The van der Waals surface area contributed by atoms with Crippen LogP contribution in [0.25, 0.3) is 22.8 Å². The molecule has 0 spiro atoms. The summed E-state index contributed by atoms with van der Waals surface area (Å²) in [4.78, 5) is 4.50. The van der Waals surface area contributed by atoms with Gasteiger partial charge in [-0.1, -0.05) is 58.9 Å². The van der Waals surface area contributed by atoms with Crippen LogP contribution in [0.2, 0.25) is 5.02 Å². The van der Waals surface area contributed by atoms with Crippen molar-refractivity contribution in [2.24, 2.45) is 0 Å². The van der Waals surface area contributed by atoms with E-state index in [9.17, 15) is 0 Å². The maximum absolute atomic E-state index is 5.95. The second-order valence-corrected chi connectivity index (χ2v) is 8.46. The number of rotatable bonds is 7. The SMILES string of the molecule is Cc1occc1-c1nnc(SCc2noc(-c3ccc(Cl)cc3)n2)n1Cc1ccccc1. The number of aryl methyl sites for hydroxylation is 1. The molecule has 3 aromatic heterocycles. The molecule has 3 heterocycles. The van der Waals surface area contributed by atoms with E-state index in [2.05, 4.69) is 37.0 Å². The van der Waals surface area contributed by atoms with E-state index >= 15 is 0 Å². The van der Waals surface area contributed by atoms with Gasteiger partial charge in [-0.3, -0.25) is 4.57 Å². The van der Waals surface area contributed by atoms with Crippen molar-refractivity contribution in [2.45, 2.75) is 24.4 Å². The van der Waals surface area contributed by atoms with Gasteiger partial charge in [0, 0.05) is 10.6 Å². The molecule has 0 fully saturated rings. The van der Waals surface area contributed by atoms with E-state index in [-0.39, 0.29) is 0 Å². The Morgan fingerprint density at radius 1 is 1.00 bits per heavy atom. The van der Waals surface area contributed by atoms with E-state index in [1.165, 1.54) is 11.8 Å². The maximum Gasteiger partial charge on any atom is 0.257 e. The van der Waals surface area contributed by atoms with Crippen molar-refractivity contribution in [3.63, 3.8) is 0 Å². The lowest BCUT2D eigenvalue weighted by Gasteiger charge is -2.09. The normalized spacial score (nSPS) is 11.2. The van der Waals surface area contributed by atoms with Crippen LogP contribution in [0.5, 0.6) is 0 Å². The van der Waals surface area contributed by atoms with Gasteiger partial charge in [-0.05, 0) is 42.8 Å². The molecule has 5 aromatic rings. The predicted molar refractivity (Wildman–Crippen MR) is 122 cm³/mol. The molecule has 5 rings (SSSR count). The molecule has 0 saturated heterocycles. The lowest BCUT2D eigenvalue weighted by molar-refractivity contribution is 0.425. The van der Waals surface area contributed by atoms with Crippen molar-refractivity contribution in [3.05, 3.63) is 89.1 Å². The van der Waals surface area contributed by atoms with Crippen molar-refractivity contribution >= 4 is 23.4 Å². The lowest BCUT2D eigenvalue weighted by atomic mass is 10.2. The molecule has 0 radical (unpaired) electrons. The highest BCUT2D eigenvalue weighted by Crippen LogP contribution is 2.29. The van der Waals surface area contributed by atoms with Crippen molar-refractivity contribution in [3.8, 4) is 22.8 Å². The van der Waals surface area contributed by atoms with Gasteiger partial charge in [0.1, 0.15) is 5.76 Å². The Kier molecular flexibility index (Phi) is 5.79. The summed E-state index contributed by atoms with van der Waals surface area (Å²) in [6, 6.07) is 19.4. The minimum atomic E-state index is 0.456. The quantitative estimate of drug-likeness (QED) is 0.278. The van der Waals surface area contributed by atoms with E-state index < -0.39 is 0 Å². The summed E-state index contributed by atoms with van der Waals surface area (Å²) >= 11 is 7.46. The average Bonchev–Trinajstić information content (AvgIpc) is 3.54. The first-order valence-electron chi connectivity index (χ1n) is 9.90. The molecular formula is C23H18ClN5O2S. The fourth-order valence-electron chi connectivity index (χ4n) is 3.27. The van der Waals surface area contributed by atoms with Crippen molar-refractivity contribution in [1.82, 2.24) is 24.9 Å². The summed E-state index contributed by atoms with van der Waals surface area (Å²) in [5, 5.41) is 14.4. The van der Waals surface area contributed by atoms with Gasteiger partial charge in [0.15, 0.2) is 16.8 Å². The Bertz CT molecular complexity index is 1330. The number of thioether (sulfide) groups is 1. The van der Waals surface area contributed by atoms with Crippen LogP contribution >= 0.6 is 23.4 Å². The zero-order chi connectivity index (χ0) is 21.9. The van der Waals surface area contributed by atoms with Crippen LogP contribution in [0.15, 0.2) is 81.0 Å². The predicted octanol–water partition coefficient (Wildman–Crippen LogP) is 5.89. The molecule has 32 heavy (non-hydrogen) atoms. The van der Waals surface area contributed by atoms with Crippen molar-refractivity contribution in [1.29, 1.82) is 0 Å². The fourth-order valence-corrected chi connectivity index (χ4v) is 4.18. The second kappa shape index (κ2) is 9.02. The molecule has 0 amide bonds. The van der Waals surface area contributed by atoms with E-state index in [1.807, 2.05) is 43.3 Å². The van der Waals surface area contributed by atoms with Crippen LogP contribution in [-0.2, 0) is 12.3 Å². The smallest absolute Gasteiger partial charge is 0.257 e. The van der Waals surface area contributed by atoms with Crippen LogP contribution in [-0.4, -0.2) is 24.9 Å². The van der Waals surface area contributed by atoms with Gasteiger partial charge in [-0.2, -0.15) is 4.98 Å². The summed E-state index contributed by atoms with van der Waals surface area (Å²) in [5.41, 5.74) is 2.90. The molecule has 0 saturated carbocycles. The summed E-state index contributed by atoms with van der Waals surface area (Å²) in [6.07, 6.45) is 1.66. The molecule has 9 heteroatoms. The Hall–Kier alpha value is -3.36. The zero-order valence-corrected chi connectivity index (χ0v) is 18.7. The van der Waals surface area contributed by atoms with Crippen LogP contribution in [0.1, 0.15) is 17.1 Å². The summed E-state index contributed by atoms with van der Waals surface area (Å²) in [7, 11) is 0. The third-order valence-corrected chi connectivity index (χ3v) is 6.10. The Morgan fingerprint density at radius 2 is 1.81 bits per heavy atom. The molecule has 0 aliphatic carbocycles. The number of aromatic nitrogens is 5. The summed E-state index contributed by atoms with van der Waals surface area (Å²) in [6.45, 7) is 2.56. The first kappa shape index (κ1) is 20.5. The highest BCUT2D eigenvalue weighted by molar-refractivity contribution is 7.98. The first-order valence-corrected chi connectivity index (χ1v) is 11.3. The van der Waals surface area contributed by atoms with Crippen molar-refractivity contribution < 1.29 is 8.94 Å². The standard InChI is InChI=1S/C23H18ClN5O2S/c1-15-19(11-12-30-15)21-26-27-23(29(21)13-16-5-3-2-4-6-16)32-14-20-25-22(31-28-20)17-7-9-18(24)10-8-17/h2-12H,13-14H2,1H3. The molecule has 7 nitrogen and oxygen atoms in total. The molecular weight excluding hydrogens is 446 g/mol. The number of hydrogen-bond donors (Lipinski definition) is 0. The minimum Gasteiger partial charge on any atom is -0.469 e. The van der Waals surface area contributed by atoms with Crippen molar-refractivity contribution in [2.75, 3.05) is 0 Å². The number of hydrogen-bond acceptors (Lipinski definition) is 7. The van der Waals surface area contributed by atoms with Gasteiger partial charge in [-0.25, -0.2) is 0 Å². The lowest BCUT2D eigenvalue weighted by Crippen LogP contribution is -2.04. The number of furan rings is 1. The maximum atomic E-state index is 5.95. The third kappa shape index (κ3) is 4.32. The number of halogens is 1. The number of nitrogens with zero attached hydrogens (tertiary/aromatic N) is 5. The average molecular weight is 464 g/mol. The summed E-state index contributed by atoms with van der Waals surface area (Å²) in [5.74, 6) is 3.09. The Labute approximate surface area is 193 Å². The second-order valence-electron chi connectivity index (χ2n) is 7.08. The number of benzene rings is 2. The molecule has 0 bridgehead atoms. The fraction of sp³-hybridized carbons (Fsp3) is 0.130. The van der Waals surface area contributed by atoms with E-state index in [4.69, 9.17) is 20.5 Å². The molecule has 0 atom stereocenters. The van der Waals surface area contributed by atoms with E-state index in [0.29, 0.717) is 29.0 Å². The molecule has 160 valence electrons. The topological polar surface area (TPSA) is 82.8 Å². The van der Waals surface area contributed by atoms with Gasteiger partial charge in [0.05, 0.1) is 24.1 Å². The highest BCUT2D eigenvalue weighted by Gasteiger charge is 2.19. The largest absolute Gasteiger partial charge is 0.469 e. The Morgan fingerprint density at radius 3 is 2.56 bits per heavy atom. The molecule has 0 aliphatic heterocycles. The van der Waals surface area contributed by atoms with E-state index in [1.54, 1.807) is 18.4 Å². The Balaban J connectivity index is 1.39. The molecule has 2 aromatic carbocycles. The van der Waals surface area contributed by atoms with E-state index in [0.717, 1.165) is 33.4 Å². The van der Waals surface area contributed by atoms with Crippen LogP contribution in [0.4, 0.5) is 0 Å². The summed E-state index contributed by atoms with van der Waals surface area (Å²) < 4.78 is 13.0. The highest BCUT2D eigenvalue weighted by atomic mass is 35.5. The van der Waals surface area contributed by atoms with Gasteiger partial charge in [0.2, 0.25) is 0 Å². The molecule has 0 unspecified atom stereocenters. The third-order valence-electron chi connectivity index (χ3n) is 4.89. The molecule has 0 aliphatic rings. The monoisotopic (exact) mass is 463 g/mol. The van der Waals surface area contributed by atoms with Gasteiger partial charge in [-0.15, -0.1) is 10.2 Å². The van der Waals surface area contributed by atoms with Crippen LogP contribution in [0, 0.1) is 6.92 Å². The zero-order valence-electron chi connectivity index (χ0n) is 17.1. The minimum absolute atomic E-state index is 0.456. The first-order chi connectivity index (χ1) is 15.7. The van der Waals surface area contributed by atoms with Gasteiger partial charge in [0.25, 0.3) is 5.89 Å². The van der Waals surface area contributed by atoms with Gasteiger partial charge < -0.3 is 8.94 Å². The van der Waals surface area contributed by atoms with Gasteiger partial charge >= 0.3 is 0 Å². The van der Waals surface area contributed by atoms with Crippen LogP contribution in [0.3, 0.4) is 0 Å².